The monoisotopic (exact) mass is 377 g/mol. The molecule has 1 aromatic rings. The molecule has 0 aromatic heterocycles. The smallest absolute Gasteiger partial charge is 0.275 e. The van der Waals surface area contributed by atoms with Crippen molar-refractivity contribution < 1.29 is 14.6 Å². The average Bonchev–Trinajstić information content (AvgIpc) is 2.52. The van der Waals surface area contributed by atoms with Crippen LogP contribution in [-0.4, -0.2) is 49.1 Å². The Morgan fingerprint density at radius 1 is 1.15 bits per heavy atom. The second-order valence-corrected chi connectivity index (χ2v) is 9.36. The Labute approximate surface area is 161 Å². The van der Waals surface area contributed by atoms with E-state index in [2.05, 4.69) is 44.8 Å². The summed E-state index contributed by atoms with van der Waals surface area (Å²) in [7, 11) is 0. The van der Waals surface area contributed by atoms with Crippen LogP contribution in [0.3, 0.4) is 0 Å². The van der Waals surface area contributed by atoms with Gasteiger partial charge in [-0.3, -0.25) is 14.9 Å². The molecule has 27 heavy (non-hydrogen) atoms. The fourth-order valence-electron chi connectivity index (χ4n) is 4.06. The lowest BCUT2D eigenvalue weighted by atomic mass is 9.82. The summed E-state index contributed by atoms with van der Waals surface area (Å²) < 4.78 is 0. The van der Waals surface area contributed by atoms with Crippen LogP contribution >= 0.6 is 0 Å². The van der Waals surface area contributed by atoms with Crippen molar-refractivity contribution in [1.82, 2.24) is 5.32 Å². The van der Waals surface area contributed by atoms with Crippen molar-refractivity contribution in [2.45, 2.75) is 46.6 Å². The molecule has 1 aliphatic rings. The number of hydrogen-bond acceptors (Lipinski definition) is 4. The van der Waals surface area contributed by atoms with Gasteiger partial charge in [0, 0.05) is 23.4 Å². The van der Waals surface area contributed by atoms with Gasteiger partial charge in [0.2, 0.25) is 0 Å². The molecule has 150 valence electrons. The maximum atomic E-state index is 12.5. The maximum absolute atomic E-state index is 12.5. The van der Waals surface area contributed by atoms with E-state index >= 15 is 0 Å². The number of carbonyl (C=O) groups is 1. The molecule has 1 aliphatic heterocycles. The van der Waals surface area contributed by atoms with Gasteiger partial charge in [0.25, 0.3) is 11.6 Å². The number of quaternary nitrogens is 1. The number of nitrogens with zero attached hydrogens (tertiary/aromatic N) is 2. The summed E-state index contributed by atoms with van der Waals surface area (Å²) in [6, 6.07) is 6.67. The number of nitro benzene ring substituents is 1. The zero-order chi connectivity index (χ0) is 20.2. The molecule has 1 saturated heterocycles. The first-order valence-corrected chi connectivity index (χ1v) is 9.59. The van der Waals surface area contributed by atoms with Crippen LogP contribution in [0, 0.1) is 15.5 Å². The molecule has 1 fully saturated rings. The van der Waals surface area contributed by atoms with E-state index in [-0.39, 0.29) is 27.5 Å². The summed E-state index contributed by atoms with van der Waals surface area (Å²) >= 11 is 0. The van der Waals surface area contributed by atoms with E-state index in [1.54, 1.807) is 24.3 Å². The SMILES string of the molecule is CC(C)(C)CC(C)(C)NC(=O)C[NH+]1CCN(c2ccc([N+](=O)[O-])cc2)CC1. The van der Waals surface area contributed by atoms with Gasteiger partial charge in [0.1, 0.15) is 0 Å². The highest BCUT2D eigenvalue weighted by Crippen LogP contribution is 2.26. The molecule has 2 rings (SSSR count). The molecule has 0 saturated carbocycles. The zero-order valence-corrected chi connectivity index (χ0v) is 17.2. The topological polar surface area (TPSA) is 79.9 Å². The van der Waals surface area contributed by atoms with E-state index in [9.17, 15) is 14.9 Å². The molecular formula is C20H33N4O3+. The van der Waals surface area contributed by atoms with Crippen LogP contribution in [0.1, 0.15) is 41.0 Å². The van der Waals surface area contributed by atoms with Gasteiger partial charge in [-0.2, -0.15) is 0 Å². The second-order valence-electron chi connectivity index (χ2n) is 9.36. The number of piperazine rings is 1. The molecule has 0 bridgehead atoms. The molecule has 1 amide bonds. The van der Waals surface area contributed by atoms with Gasteiger partial charge in [-0.15, -0.1) is 0 Å². The number of amides is 1. The van der Waals surface area contributed by atoms with Crippen LogP contribution in [-0.2, 0) is 4.79 Å². The first-order chi connectivity index (χ1) is 12.5. The molecule has 7 heteroatoms. The molecule has 0 atom stereocenters. The Morgan fingerprint density at radius 3 is 2.19 bits per heavy atom. The van der Waals surface area contributed by atoms with Crippen molar-refractivity contribution in [1.29, 1.82) is 0 Å². The first-order valence-electron chi connectivity index (χ1n) is 9.59. The minimum Gasteiger partial charge on any atom is -0.360 e. The summed E-state index contributed by atoms with van der Waals surface area (Å²) in [4.78, 5) is 26.3. The fraction of sp³-hybridized carbons (Fsp3) is 0.650. The van der Waals surface area contributed by atoms with Crippen LogP contribution in [0.25, 0.3) is 0 Å². The lowest BCUT2D eigenvalue weighted by molar-refractivity contribution is -0.892. The highest BCUT2D eigenvalue weighted by Gasteiger charge is 2.29. The minimum absolute atomic E-state index is 0.100. The Morgan fingerprint density at radius 2 is 1.70 bits per heavy atom. The van der Waals surface area contributed by atoms with Crippen molar-refractivity contribution in [3.63, 3.8) is 0 Å². The third kappa shape index (κ3) is 6.82. The summed E-state index contributed by atoms with van der Waals surface area (Å²) in [6.07, 6.45) is 0.926. The van der Waals surface area contributed by atoms with Crippen LogP contribution in [0.4, 0.5) is 11.4 Å². The first kappa shape index (κ1) is 21.2. The number of rotatable bonds is 6. The maximum Gasteiger partial charge on any atom is 0.275 e. The van der Waals surface area contributed by atoms with Crippen LogP contribution in [0.15, 0.2) is 24.3 Å². The van der Waals surface area contributed by atoms with E-state index in [1.165, 1.54) is 4.90 Å². The highest BCUT2D eigenvalue weighted by molar-refractivity contribution is 5.77. The van der Waals surface area contributed by atoms with Gasteiger partial charge in [0.05, 0.1) is 31.1 Å². The van der Waals surface area contributed by atoms with Crippen molar-refractivity contribution in [2.24, 2.45) is 5.41 Å². The normalized spacial score (nSPS) is 16.3. The van der Waals surface area contributed by atoms with Crippen molar-refractivity contribution in [2.75, 3.05) is 37.6 Å². The van der Waals surface area contributed by atoms with E-state index in [0.717, 1.165) is 38.3 Å². The average molecular weight is 378 g/mol. The number of nitrogens with one attached hydrogen (secondary N) is 2. The predicted molar refractivity (Wildman–Crippen MR) is 107 cm³/mol. The second kappa shape index (κ2) is 8.25. The van der Waals surface area contributed by atoms with Crippen molar-refractivity contribution in [3.05, 3.63) is 34.4 Å². The van der Waals surface area contributed by atoms with Gasteiger partial charge < -0.3 is 15.1 Å². The van der Waals surface area contributed by atoms with Gasteiger partial charge >= 0.3 is 0 Å². The van der Waals surface area contributed by atoms with Crippen LogP contribution in [0.2, 0.25) is 0 Å². The van der Waals surface area contributed by atoms with Gasteiger partial charge in [0.15, 0.2) is 6.54 Å². The predicted octanol–water partition coefficient (Wildman–Crippen LogP) is 1.63. The molecule has 0 radical (unpaired) electrons. The molecule has 0 aliphatic carbocycles. The minimum atomic E-state index is -0.383. The number of benzene rings is 1. The van der Waals surface area contributed by atoms with Crippen molar-refractivity contribution >= 4 is 17.3 Å². The standard InChI is InChI=1S/C20H32N4O3/c1-19(2,3)15-20(4,5)21-18(25)14-22-10-12-23(13-11-22)16-6-8-17(9-7-16)24(26)27/h6-9H,10-15H2,1-5H3,(H,21,25)/p+1. The molecule has 7 nitrogen and oxygen atoms in total. The van der Waals surface area contributed by atoms with E-state index in [0.29, 0.717) is 6.54 Å². The summed E-state index contributed by atoms with van der Waals surface area (Å²) in [5.41, 5.74) is 1.06. The molecular weight excluding hydrogens is 344 g/mol. The molecule has 1 aromatic carbocycles. The van der Waals surface area contributed by atoms with E-state index in [4.69, 9.17) is 0 Å². The lowest BCUT2D eigenvalue weighted by Crippen LogP contribution is -3.16. The third-order valence-corrected chi connectivity index (χ3v) is 4.76. The Bertz CT molecular complexity index is 657. The van der Waals surface area contributed by atoms with Gasteiger partial charge in [-0.05, 0) is 37.8 Å². The molecule has 1 heterocycles. The fourth-order valence-corrected chi connectivity index (χ4v) is 4.06. The third-order valence-electron chi connectivity index (χ3n) is 4.76. The number of carbonyl (C=O) groups excluding carboxylic acids is 1. The number of non-ortho nitro benzene ring substituents is 1. The Kier molecular flexibility index (Phi) is 6.46. The van der Waals surface area contributed by atoms with Gasteiger partial charge in [-0.1, -0.05) is 20.8 Å². The molecule has 0 unspecified atom stereocenters. The largest absolute Gasteiger partial charge is 0.360 e. The van der Waals surface area contributed by atoms with Crippen molar-refractivity contribution in [3.8, 4) is 0 Å². The quantitative estimate of drug-likeness (QED) is 0.583. The van der Waals surface area contributed by atoms with Gasteiger partial charge in [-0.25, -0.2) is 0 Å². The molecule has 0 spiro atoms. The number of nitro groups is 1. The highest BCUT2D eigenvalue weighted by atomic mass is 16.6. The summed E-state index contributed by atoms with van der Waals surface area (Å²) in [6.45, 7) is 14.6. The Hall–Kier alpha value is -2.15. The van der Waals surface area contributed by atoms with E-state index in [1.807, 2.05) is 0 Å². The lowest BCUT2D eigenvalue weighted by Gasteiger charge is -2.35. The summed E-state index contributed by atoms with van der Waals surface area (Å²) in [5.74, 6) is 0.100. The van der Waals surface area contributed by atoms with Crippen LogP contribution < -0.4 is 15.1 Å². The summed E-state index contributed by atoms with van der Waals surface area (Å²) in [5, 5.41) is 13.9. The zero-order valence-electron chi connectivity index (χ0n) is 17.2. The Balaban J connectivity index is 1.81. The number of hydrogen-bond donors (Lipinski definition) is 2. The number of anilines is 1. The molecule has 2 N–H and O–H groups in total. The van der Waals surface area contributed by atoms with E-state index < -0.39 is 0 Å². The van der Waals surface area contributed by atoms with Crippen LogP contribution in [0.5, 0.6) is 0 Å².